The van der Waals surface area contributed by atoms with Gasteiger partial charge in [0.05, 0.1) is 11.6 Å². The van der Waals surface area contributed by atoms with E-state index in [1.807, 2.05) is 17.7 Å². The summed E-state index contributed by atoms with van der Waals surface area (Å²) in [7, 11) is 1.90. The second kappa shape index (κ2) is 9.54. The van der Waals surface area contributed by atoms with Gasteiger partial charge >= 0.3 is 0 Å². The first kappa shape index (κ1) is 19.4. The largest absolute Gasteiger partial charge is 0.357 e. The molecule has 0 aliphatic carbocycles. The summed E-state index contributed by atoms with van der Waals surface area (Å²) in [6.07, 6.45) is 2.49. The van der Waals surface area contributed by atoms with E-state index < -0.39 is 0 Å². The van der Waals surface area contributed by atoms with Crippen molar-refractivity contribution in [3.8, 4) is 0 Å². The van der Waals surface area contributed by atoms with Crippen LogP contribution in [-0.4, -0.2) is 48.2 Å². The van der Waals surface area contributed by atoms with Crippen molar-refractivity contribution in [3.05, 3.63) is 21.9 Å². The average Bonchev–Trinajstić information content (AvgIpc) is 3.11. The molecule has 2 N–H and O–H groups in total. The maximum Gasteiger partial charge on any atom is 0.191 e. The lowest BCUT2D eigenvalue weighted by atomic mass is 10.1. The van der Waals surface area contributed by atoms with Crippen LogP contribution in [0.3, 0.4) is 0 Å². The van der Waals surface area contributed by atoms with Crippen LogP contribution in [0.1, 0.15) is 32.4 Å². The van der Waals surface area contributed by atoms with E-state index in [2.05, 4.69) is 34.4 Å². The Bertz CT molecular complexity index is 555. The third-order valence-electron chi connectivity index (χ3n) is 4.43. The highest BCUT2D eigenvalue weighted by atomic mass is 35.5. The Morgan fingerprint density at radius 2 is 2.12 bits per heavy atom. The van der Waals surface area contributed by atoms with Crippen molar-refractivity contribution in [1.82, 2.24) is 20.1 Å². The number of hydrogen-bond acceptors (Lipinski definition) is 2. The van der Waals surface area contributed by atoms with Crippen LogP contribution in [0.5, 0.6) is 0 Å². The zero-order valence-corrected chi connectivity index (χ0v) is 16.4. The van der Waals surface area contributed by atoms with Gasteiger partial charge in [0.2, 0.25) is 0 Å². The Morgan fingerprint density at radius 3 is 2.75 bits per heavy atom. The van der Waals surface area contributed by atoms with E-state index in [0.717, 1.165) is 24.7 Å². The first-order valence-corrected chi connectivity index (χ1v) is 9.54. The lowest BCUT2D eigenvalue weighted by Crippen LogP contribution is -2.40. The van der Waals surface area contributed by atoms with E-state index in [1.165, 1.54) is 32.5 Å². The highest BCUT2D eigenvalue weighted by Gasteiger charge is 2.21. The molecular formula is C17H29Cl2N5. The maximum absolute atomic E-state index is 6.11. The Morgan fingerprint density at radius 1 is 1.33 bits per heavy atom. The Kier molecular flexibility index (Phi) is 7.72. The molecule has 1 saturated heterocycles. The van der Waals surface area contributed by atoms with Crippen molar-refractivity contribution >= 4 is 29.2 Å². The Labute approximate surface area is 155 Å². The van der Waals surface area contributed by atoms with Crippen molar-refractivity contribution in [1.29, 1.82) is 0 Å². The molecule has 24 heavy (non-hydrogen) atoms. The van der Waals surface area contributed by atoms with Crippen molar-refractivity contribution < 1.29 is 0 Å². The van der Waals surface area contributed by atoms with Crippen LogP contribution in [-0.2, 0) is 13.6 Å². The fourth-order valence-electron chi connectivity index (χ4n) is 3.08. The number of nitrogens with zero attached hydrogens (tertiary/aromatic N) is 3. The zero-order valence-electron chi connectivity index (χ0n) is 14.9. The monoisotopic (exact) mass is 373 g/mol. The van der Waals surface area contributed by atoms with Gasteiger partial charge < -0.3 is 20.1 Å². The first-order valence-electron chi connectivity index (χ1n) is 8.79. The summed E-state index contributed by atoms with van der Waals surface area (Å²) in [6.45, 7) is 10.3. The number of hydrogen-bond donors (Lipinski definition) is 2. The van der Waals surface area contributed by atoms with Crippen molar-refractivity contribution in [3.63, 3.8) is 0 Å². The number of nitrogens with one attached hydrogen (secondary N) is 2. The summed E-state index contributed by atoms with van der Waals surface area (Å²) >= 11 is 12.2. The van der Waals surface area contributed by atoms with Gasteiger partial charge in [-0.05, 0) is 44.8 Å². The number of aromatic nitrogens is 1. The van der Waals surface area contributed by atoms with E-state index in [9.17, 15) is 0 Å². The third-order valence-corrected chi connectivity index (χ3v) is 5.27. The predicted molar refractivity (Wildman–Crippen MR) is 103 cm³/mol. The molecule has 5 nitrogen and oxygen atoms in total. The molecule has 1 fully saturated rings. The smallest absolute Gasteiger partial charge is 0.191 e. The lowest BCUT2D eigenvalue weighted by molar-refractivity contribution is 0.324. The fourth-order valence-corrected chi connectivity index (χ4v) is 3.50. The average molecular weight is 374 g/mol. The molecule has 2 heterocycles. The first-order chi connectivity index (χ1) is 11.5. The molecule has 0 radical (unpaired) electrons. The molecule has 1 aliphatic heterocycles. The fraction of sp³-hybridized carbons (Fsp3) is 0.706. The molecule has 0 bridgehead atoms. The summed E-state index contributed by atoms with van der Waals surface area (Å²) in [5.74, 6) is 1.54. The summed E-state index contributed by atoms with van der Waals surface area (Å²) in [5, 5.41) is 7.91. The van der Waals surface area contributed by atoms with E-state index in [-0.39, 0.29) is 0 Å². The van der Waals surface area contributed by atoms with Gasteiger partial charge in [0.1, 0.15) is 5.15 Å². The maximum atomic E-state index is 6.11. The van der Waals surface area contributed by atoms with E-state index in [4.69, 9.17) is 23.2 Å². The van der Waals surface area contributed by atoms with Crippen molar-refractivity contribution in [2.75, 3.05) is 32.7 Å². The molecule has 136 valence electrons. The number of rotatable bonds is 7. The number of aliphatic imine (C=N–C) groups is 1. The van der Waals surface area contributed by atoms with Gasteiger partial charge in [0, 0.05) is 32.4 Å². The molecular weight excluding hydrogens is 345 g/mol. The van der Waals surface area contributed by atoms with Crippen LogP contribution in [0.2, 0.25) is 10.2 Å². The molecule has 1 aromatic rings. The predicted octanol–water partition coefficient (Wildman–Crippen LogP) is 3.12. The van der Waals surface area contributed by atoms with Crippen LogP contribution < -0.4 is 10.6 Å². The van der Waals surface area contributed by atoms with E-state index in [1.54, 1.807) is 0 Å². The molecule has 1 aliphatic rings. The van der Waals surface area contributed by atoms with Crippen molar-refractivity contribution in [2.45, 2.75) is 33.2 Å². The summed E-state index contributed by atoms with van der Waals surface area (Å²) in [4.78, 5) is 7.20. The molecule has 0 saturated carbocycles. The van der Waals surface area contributed by atoms with Crippen LogP contribution in [0.15, 0.2) is 11.1 Å². The molecule has 2 rings (SSSR count). The van der Waals surface area contributed by atoms with Gasteiger partial charge in [-0.15, -0.1) is 0 Å². The van der Waals surface area contributed by atoms with E-state index >= 15 is 0 Å². The van der Waals surface area contributed by atoms with Gasteiger partial charge in [0.25, 0.3) is 0 Å². The zero-order chi connectivity index (χ0) is 17.5. The van der Waals surface area contributed by atoms with Crippen LogP contribution >= 0.6 is 23.2 Å². The summed E-state index contributed by atoms with van der Waals surface area (Å²) in [5.41, 5.74) is 0.997. The second-order valence-electron chi connectivity index (χ2n) is 6.36. The van der Waals surface area contributed by atoms with Gasteiger partial charge in [-0.3, -0.25) is 0 Å². The van der Waals surface area contributed by atoms with Crippen molar-refractivity contribution in [2.24, 2.45) is 18.0 Å². The topological polar surface area (TPSA) is 44.6 Å². The number of likely N-dealkylation sites (tertiary alicyclic amines) is 1. The third kappa shape index (κ3) is 5.30. The van der Waals surface area contributed by atoms with Gasteiger partial charge in [-0.2, -0.15) is 0 Å². The minimum atomic E-state index is 0.547. The van der Waals surface area contributed by atoms with Crippen LogP contribution in [0.25, 0.3) is 0 Å². The molecule has 0 spiro atoms. The number of guanidine groups is 1. The second-order valence-corrected chi connectivity index (χ2v) is 7.13. The normalized spacial score (nSPS) is 19.0. The molecule has 7 heteroatoms. The molecule has 1 unspecified atom stereocenters. The van der Waals surface area contributed by atoms with Crippen LogP contribution in [0.4, 0.5) is 0 Å². The van der Waals surface area contributed by atoms with Gasteiger partial charge in [-0.1, -0.05) is 30.1 Å². The minimum Gasteiger partial charge on any atom is -0.357 e. The van der Waals surface area contributed by atoms with E-state index in [0.29, 0.717) is 22.6 Å². The SMILES string of the molecule is CCCN1CCC(CNC(=NCc2cc(Cl)c(Cl)n2C)NCC)C1. The quantitative estimate of drug-likeness (QED) is 0.569. The Hall–Kier alpha value is -0.910. The highest BCUT2D eigenvalue weighted by Crippen LogP contribution is 2.25. The molecule has 0 aromatic carbocycles. The summed E-state index contributed by atoms with van der Waals surface area (Å²) < 4.78 is 1.87. The molecule has 0 amide bonds. The van der Waals surface area contributed by atoms with Crippen LogP contribution in [0, 0.1) is 5.92 Å². The molecule has 1 atom stereocenters. The Balaban J connectivity index is 1.88. The summed E-state index contributed by atoms with van der Waals surface area (Å²) in [6, 6.07) is 1.87. The van der Waals surface area contributed by atoms with Gasteiger partial charge in [0.15, 0.2) is 5.96 Å². The standard InChI is InChI=1S/C17H29Cl2N5/c1-4-7-24-8-6-13(12-24)10-21-17(20-5-2)22-11-14-9-15(18)16(19)23(14)3/h9,13H,4-8,10-12H2,1-3H3,(H2,20,21,22). The lowest BCUT2D eigenvalue weighted by Gasteiger charge is -2.17. The van der Waals surface area contributed by atoms with Gasteiger partial charge in [-0.25, -0.2) is 4.99 Å². The highest BCUT2D eigenvalue weighted by molar-refractivity contribution is 6.41. The minimum absolute atomic E-state index is 0.547. The number of halogens is 2. The molecule has 1 aromatic heterocycles.